The molecule has 0 bridgehead atoms. The summed E-state index contributed by atoms with van der Waals surface area (Å²) in [6.07, 6.45) is 8.37. The number of carbonyl (C=O) groups is 3. The Hall–Kier alpha value is -2.97. The number of aryl methyl sites for hydroxylation is 2. The van der Waals surface area contributed by atoms with Crippen molar-refractivity contribution >= 4 is 23.4 Å². The van der Waals surface area contributed by atoms with Crippen molar-refractivity contribution in [2.45, 2.75) is 64.3 Å². The minimum Gasteiger partial charge on any atom is -0.394 e. The van der Waals surface area contributed by atoms with E-state index in [1.165, 1.54) is 4.90 Å². The number of aliphatic hydroxyl groups excluding tert-OH is 1. The Morgan fingerprint density at radius 3 is 2.35 bits per heavy atom. The lowest BCUT2D eigenvalue weighted by atomic mass is 9.74. The van der Waals surface area contributed by atoms with Crippen LogP contribution in [0.15, 0.2) is 42.5 Å². The molecule has 3 amide bonds. The topological polar surface area (TPSA) is 90.4 Å². The van der Waals surface area contributed by atoms with Crippen LogP contribution in [0.4, 0.5) is 5.69 Å². The van der Waals surface area contributed by atoms with Crippen LogP contribution in [0, 0.1) is 25.7 Å². The van der Waals surface area contributed by atoms with Crippen molar-refractivity contribution in [3.05, 3.63) is 53.6 Å². The van der Waals surface area contributed by atoms with Gasteiger partial charge in [0.25, 0.3) is 5.91 Å². The number of aliphatic hydroxyl groups is 1. The number of amides is 3. The van der Waals surface area contributed by atoms with Gasteiger partial charge in [-0.3, -0.25) is 14.4 Å². The molecule has 2 saturated heterocycles. The summed E-state index contributed by atoms with van der Waals surface area (Å²) in [4.78, 5) is 47.6. The highest BCUT2D eigenvalue weighted by atomic mass is 16.5. The monoisotopic (exact) mass is 507 g/mol. The second kappa shape index (κ2) is 9.10. The molecule has 4 heterocycles. The van der Waals surface area contributed by atoms with Crippen LogP contribution in [0.2, 0.25) is 0 Å². The SMILES string of the molecule is CCCN1CC=C[C@@]2(C)O[C@]34C=CCN(c5c(C)cccc5C)C(=O)C3N([C@H](C)CO)C(=O)[C@@H]4[C@H]2C1=O. The number of nitrogens with zero attached hydrogens (tertiary/aromatic N) is 3. The van der Waals surface area contributed by atoms with Crippen molar-refractivity contribution < 1.29 is 24.2 Å². The number of fused-ring (bicyclic) bond motifs is 2. The first-order chi connectivity index (χ1) is 17.6. The Bertz CT molecular complexity index is 1170. The van der Waals surface area contributed by atoms with E-state index in [4.69, 9.17) is 4.74 Å². The van der Waals surface area contributed by atoms with E-state index in [2.05, 4.69) is 0 Å². The van der Waals surface area contributed by atoms with E-state index in [0.29, 0.717) is 19.6 Å². The van der Waals surface area contributed by atoms with Gasteiger partial charge >= 0.3 is 0 Å². The molecule has 2 fully saturated rings. The van der Waals surface area contributed by atoms with Gasteiger partial charge in [-0.25, -0.2) is 0 Å². The summed E-state index contributed by atoms with van der Waals surface area (Å²) in [5.74, 6) is -2.35. The van der Waals surface area contributed by atoms with E-state index in [1.807, 2.05) is 70.2 Å². The molecule has 6 atom stereocenters. The summed E-state index contributed by atoms with van der Waals surface area (Å²) in [5.41, 5.74) is 0.365. The highest BCUT2D eigenvalue weighted by Gasteiger charge is 2.75. The average Bonchev–Trinajstić information content (AvgIpc) is 3.14. The van der Waals surface area contributed by atoms with E-state index in [1.54, 1.807) is 16.7 Å². The Morgan fingerprint density at radius 1 is 1.03 bits per heavy atom. The van der Waals surface area contributed by atoms with Gasteiger partial charge < -0.3 is 24.5 Å². The third-order valence-electron chi connectivity index (χ3n) is 8.52. The van der Waals surface area contributed by atoms with Gasteiger partial charge in [-0.15, -0.1) is 0 Å². The van der Waals surface area contributed by atoms with Crippen LogP contribution >= 0.6 is 0 Å². The number of para-hydroxylation sites is 1. The standard InChI is InChI=1S/C29H37N3O5/c1-6-14-30-15-8-12-28(5)21(25(30)34)22-26(35)32(20(4)17-33)24-27(36)31(16-9-13-29(22,24)37-28)23-18(2)10-7-11-19(23)3/h7-13,20-22,24,33H,6,14-17H2,1-5H3/t20-,21+,22+,24?,28-,29+/m1/s1. The van der Waals surface area contributed by atoms with E-state index >= 15 is 0 Å². The molecule has 1 N–H and O–H groups in total. The molecule has 8 nitrogen and oxygen atoms in total. The van der Waals surface area contributed by atoms with E-state index in [0.717, 1.165) is 23.2 Å². The Balaban J connectivity index is 1.68. The molecule has 0 aromatic heterocycles. The molecule has 5 rings (SSSR count). The Kier molecular flexibility index (Phi) is 6.31. The molecular formula is C29H37N3O5. The smallest absolute Gasteiger partial charge is 0.253 e. The summed E-state index contributed by atoms with van der Waals surface area (Å²) in [6, 6.07) is 4.27. The first kappa shape index (κ1) is 25.7. The molecule has 198 valence electrons. The maximum Gasteiger partial charge on any atom is 0.253 e. The zero-order valence-electron chi connectivity index (χ0n) is 22.3. The van der Waals surface area contributed by atoms with Crippen molar-refractivity contribution in [1.29, 1.82) is 0 Å². The van der Waals surface area contributed by atoms with Crippen molar-refractivity contribution in [2.75, 3.05) is 31.1 Å². The quantitative estimate of drug-likeness (QED) is 0.618. The summed E-state index contributed by atoms with van der Waals surface area (Å²) in [5, 5.41) is 10.1. The number of ether oxygens (including phenoxy) is 1. The number of benzene rings is 1. The van der Waals surface area contributed by atoms with Crippen LogP contribution in [0.3, 0.4) is 0 Å². The molecule has 1 aromatic rings. The van der Waals surface area contributed by atoms with Crippen LogP contribution in [-0.2, 0) is 19.1 Å². The minimum atomic E-state index is -1.32. The average molecular weight is 508 g/mol. The van der Waals surface area contributed by atoms with Crippen LogP contribution < -0.4 is 4.90 Å². The van der Waals surface area contributed by atoms with Crippen LogP contribution in [0.1, 0.15) is 38.3 Å². The fraction of sp³-hybridized carbons (Fsp3) is 0.552. The zero-order chi connectivity index (χ0) is 26.7. The Morgan fingerprint density at radius 2 is 1.70 bits per heavy atom. The van der Waals surface area contributed by atoms with Gasteiger partial charge in [-0.05, 0) is 45.2 Å². The minimum absolute atomic E-state index is 0.126. The number of anilines is 1. The molecule has 1 unspecified atom stereocenters. The number of carbonyl (C=O) groups excluding carboxylic acids is 3. The van der Waals surface area contributed by atoms with Crippen molar-refractivity contribution in [2.24, 2.45) is 11.8 Å². The molecule has 1 aromatic carbocycles. The largest absolute Gasteiger partial charge is 0.394 e. The molecule has 0 saturated carbocycles. The predicted molar refractivity (Wildman–Crippen MR) is 140 cm³/mol. The third-order valence-corrected chi connectivity index (χ3v) is 8.52. The molecule has 4 aliphatic heterocycles. The fourth-order valence-electron chi connectivity index (χ4n) is 6.98. The predicted octanol–water partition coefficient (Wildman–Crippen LogP) is 2.37. The van der Waals surface area contributed by atoms with Crippen LogP contribution in [0.5, 0.6) is 0 Å². The van der Waals surface area contributed by atoms with Gasteiger partial charge in [0, 0.05) is 25.3 Å². The summed E-state index contributed by atoms with van der Waals surface area (Å²) in [6.45, 7) is 10.6. The van der Waals surface area contributed by atoms with Gasteiger partial charge in [0.2, 0.25) is 11.8 Å². The van der Waals surface area contributed by atoms with Crippen molar-refractivity contribution in [1.82, 2.24) is 9.80 Å². The number of likely N-dealkylation sites (tertiary alicyclic amines) is 1. The van der Waals surface area contributed by atoms with E-state index in [-0.39, 0.29) is 24.3 Å². The summed E-state index contributed by atoms with van der Waals surface area (Å²) >= 11 is 0. The molecule has 8 heteroatoms. The van der Waals surface area contributed by atoms with Crippen LogP contribution in [-0.4, -0.2) is 82.2 Å². The maximum absolute atomic E-state index is 14.5. The molecule has 37 heavy (non-hydrogen) atoms. The molecule has 4 aliphatic rings. The fourth-order valence-corrected chi connectivity index (χ4v) is 6.98. The van der Waals surface area contributed by atoms with E-state index in [9.17, 15) is 19.5 Å². The van der Waals surface area contributed by atoms with Gasteiger partial charge in [0.05, 0.1) is 30.1 Å². The third kappa shape index (κ3) is 3.60. The van der Waals surface area contributed by atoms with Crippen molar-refractivity contribution in [3.63, 3.8) is 0 Å². The maximum atomic E-state index is 14.5. The first-order valence-corrected chi connectivity index (χ1v) is 13.3. The molecular weight excluding hydrogens is 470 g/mol. The molecule has 0 radical (unpaired) electrons. The lowest BCUT2D eigenvalue weighted by molar-refractivity contribution is -0.150. The van der Waals surface area contributed by atoms with Gasteiger partial charge in [0.1, 0.15) is 11.6 Å². The number of hydrogen-bond donors (Lipinski definition) is 1. The van der Waals surface area contributed by atoms with Crippen LogP contribution in [0.25, 0.3) is 0 Å². The Labute approximate surface area is 218 Å². The van der Waals surface area contributed by atoms with Crippen molar-refractivity contribution in [3.8, 4) is 0 Å². The van der Waals surface area contributed by atoms with Gasteiger partial charge in [0.15, 0.2) is 0 Å². The van der Waals surface area contributed by atoms with Gasteiger partial charge in [-0.2, -0.15) is 0 Å². The highest BCUT2D eigenvalue weighted by molar-refractivity contribution is 6.06. The number of hydrogen-bond acceptors (Lipinski definition) is 5. The second-order valence-electron chi connectivity index (χ2n) is 11.1. The molecule has 0 aliphatic carbocycles. The summed E-state index contributed by atoms with van der Waals surface area (Å²) < 4.78 is 6.82. The molecule has 1 spiro atoms. The summed E-state index contributed by atoms with van der Waals surface area (Å²) in [7, 11) is 0. The lowest BCUT2D eigenvalue weighted by Gasteiger charge is -2.39. The number of rotatable bonds is 5. The second-order valence-corrected chi connectivity index (χ2v) is 11.1. The highest BCUT2D eigenvalue weighted by Crippen LogP contribution is 2.58. The van der Waals surface area contributed by atoms with Gasteiger partial charge in [-0.1, -0.05) is 49.4 Å². The van der Waals surface area contributed by atoms with E-state index < -0.39 is 35.1 Å². The lowest BCUT2D eigenvalue weighted by Crippen LogP contribution is -2.58. The normalized spacial score (nSPS) is 33.8. The first-order valence-electron chi connectivity index (χ1n) is 13.3. The zero-order valence-corrected chi connectivity index (χ0v) is 22.3.